The summed E-state index contributed by atoms with van der Waals surface area (Å²) in [7, 11) is 0. The lowest BCUT2D eigenvalue weighted by atomic mass is 10.1. The summed E-state index contributed by atoms with van der Waals surface area (Å²) >= 11 is 8.92. The van der Waals surface area contributed by atoms with E-state index in [-0.39, 0.29) is 6.61 Å². The van der Waals surface area contributed by atoms with Crippen molar-refractivity contribution in [1.29, 1.82) is 0 Å². The number of aromatic nitrogens is 2. The van der Waals surface area contributed by atoms with Crippen molar-refractivity contribution < 1.29 is 13.9 Å². The molecule has 2 aromatic carbocycles. The zero-order valence-corrected chi connectivity index (χ0v) is 18.2. The molecule has 0 spiro atoms. The van der Waals surface area contributed by atoms with Gasteiger partial charge in [-0.3, -0.25) is 0 Å². The Balaban J connectivity index is 1.27. The highest BCUT2D eigenvalue weighted by atomic mass is 35.5. The first-order valence-corrected chi connectivity index (χ1v) is 11.1. The van der Waals surface area contributed by atoms with Gasteiger partial charge in [-0.25, -0.2) is 4.79 Å². The van der Waals surface area contributed by atoms with Crippen LogP contribution in [0.5, 0.6) is 0 Å². The highest BCUT2D eigenvalue weighted by molar-refractivity contribution is 7.99. The van der Waals surface area contributed by atoms with Crippen molar-refractivity contribution in [3.05, 3.63) is 64.0 Å². The minimum absolute atomic E-state index is 0.0115. The van der Waals surface area contributed by atoms with Crippen LogP contribution in [0.25, 0.3) is 21.5 Å². The number of thiophene rings is 1. The summed E-state index contributed by atoms with van der Waals surface area (Å²) in [5.41, 5.74) is 2.04. The summed E-state index contributed by atoms with van der Waals surface area (Å²) in [6.07, 6.45) is 0. The summed E-state index contributed by atoms with van der Waals surface area (Å²) in [5, 5.41) is 9.77. The van der Waals surface area contributed by atoms with E-state index >= 15 is 0 Å². The number of rotatable bonds is 5. The van der Waals surface area contributed by atoms with Crippen molar-refractivity contribution in [2.75, 3.05) is 12.4 Å². The van der Waals surface area contributed by atoms with Gasteiger partial charge in [-0.1, -0.05) is 71.1 Å². The molecule has 0 bridgehead atoms. The number of ether oxygens (including phenoxy) is 1. The van der Waals surface area contributed by atoms with E-state index in [0.29, 0.717) is 26.8 Å². The Morgan fingerprint density at radius 1 is 1.17 bits per heavy atom. The molecule has 8 heteroatoms. The molecule has 0 saturated heterocycles. The Morgan fingerprint density at radius 3 is 2.77 bits per heavy atom. The standard InChI is InChI=1S/C22H15ClN2O3S2/c1-14-8-10-15(11-9-14)20-24-25-22(28-20)29-13-5-4-12-27-21(26)19-18(23)16-6-2-3-7-17(16)30-19/h2-3,6-11H,12-13H2,1H3. The van der Waals surface area contributed by atoms with Crippen molar-refractivity contribution in [2.45, 2.75) is 12.1 Å². The first kappa shape index (κ1) is 20.5. The van der Waals surface area contributed by atoms with Gasteiger partial charge in [0.1, 0.15) is 4.88 Å². The highest BCUT2D eigenvalue weighted by Crippen LogP contribution is 2.35. The Kier molecular flexibility index (Phi) is 6.38. The number of carbonyl (C=O) groups is 1. The largest absolute Gasteiger partial charge is 0.448 e. The van der Waals surface area contributed by atoms with Crippen molar-refractivity contribution in [1.82, 2.24) is 10.2 Å². The summed E-state index contributed by atoms with van der Waals surface area (Å²) in [6.45, 7) is 2.01. The van der Waals surface area contributed by atoms with Gasteiger partial charge >= 0.3 is 5.97 Å². The molecule has 5 nitrogen and oxygen atoms in total. The van der Waals surface area contributed by atoms with Crippen LogP contribution in [0.4, 0.5) is 0 Å². The molecule has 0 N–H and O–H groups in total. The molecule has 0 aliphatic rings. The first-order valence-electron chi connectivity index (χ1n) is 8.95. The Bertz CT molecular complexity index is 1250. The van der Waals surface area contributed by atoms with Crippen LogP contribution in [-0.2, 0) is 4.74 Å². The van der Waals surface area contributed by atoms with Crippen LogP contribution in [0.15, 0.2) is 58.2 Å². The van der Waals surface area contributed by atoms with Gasteiger partial charge in [-0.2, -0.15) is 0 Å². The molecule has 0 aliphatic heterocycles. The lowest BCUT2D eigenvalue weighted by Crippen LogP contribution is -2.03. The average molecular weight is 455 g/mol. The van der Waals surface area contributed by atoms with Gasteiger partial charge in [0.05, 0.1) is 10.8 Å². The third-order valence-corrected chi connectivity index (χ3v) is 6.45. The SMILES string of the molecule is Cc1ccc(-c2nnc(SCC#CCOC(=O)c3sc4ccccc4c3Cl)o2)cc1. The Morgan fingerprint density at radius 2 is 1.97 bits per heavy atom. The Labute approximate surface area is 186 Å². The van der Waals surface area contributed by atoms with E-state index in [0.717, 1.165) is 15.6 Å². The van der Waals surface area contributed by atoms with Crippen molar-refractivity contribution in [3.8, 4) is 23.3 Å². The smallest absolute Gasteiger partial charge is 0.350 e. The topological polar surface area (TPSA) is 65.2 Å². The van der Waals surface area contributed by atoms with Gasteiger partial charge in [0.2, 0.25) is 5.89 Å². The number of benzene rings is 2. The van der Waals surface area contributed by atoms with Gasteiger partial charge in [-0.15, -0.1) is 21.5 Å². The van der Waals surface area contributed by atoms with Gasteiger partial charge in [0.15, 0.2) is 6.61 Å². The number of hydrogen-bond donors (Lipinski definition) is 0. The number of thioether (sulfide) groups is 1. The monoisotopic (exact) mass is 454 g/mol. The number of halogens is 1. The van der Waals surface area contributed by atoms with Crippen molar-refractivity contribution in [3.63, 3.8) is 0 Å². The van der Waals surface area contributed by atoms with Gasteiger partial charge < -0.3 is 9.15 Å². The normalized spacial score (nSPS) is 10.6. The minimum atomic E-state index is -0.470. The number of esters is 1. The summed E-state index contributed by atoms with van der Waals surface area (Å²) < 4.78 is 11.8. The predicted molar refractivity (Wildman–Crippen MR) is 120 cm³/mol. The fourth-order valence-corrected chi connectivity index (χ4v) is 4.53. The van der Waals surface area contributed by atoms with Crippen LogP contribution in [0, 0.1) is 18.8 Å². The highest BCUT2D eigenvalue weighted by Gasteiger charge is 2.17. The quantitative estimate of drug-likeness (QED) is 0.213. The Hall–Kier alpha value is -2.79. The average Bonchev–Trinajstić information content (AvgIpc) is 3.36. The minimum Gasteiger partial charge on any atom is -0.448 e. The number of aryl methyl sites for hydroxylation is 1. The predicted octanol–water partition coefficient (Wildman–Crippen LogP) is 5.87. The molecular formula is C22H15ClN2O3S2. The zero-order chi connectivity index (χ0) is 20.9. The lowest BCUT2D eigenvalue weighted by Gasteiger charge is -1.98. The van der Waals surface area contributed by atoms with Crippen LogP contribution < -0.4 is 0 Å². The number of nitrogens with zero attached hydrogens (tertiary/aromatic N) is 2. The third-order valence-electron chi connectivity index (χ3n) is 4.09. The number of hydrogen-bond acceptors (Lipinski definition) is 7. The maximum atomic E-state index is 12.2. The summed E-state index contributed by atoms with van der Waals surface area (Å²) in [5.74, 6) is 6.17. The molecule has 0 atom stereocenters. The van der Waals surface area contributed by atoms with E-state index in [2.05, 4.69) is 22.0 Å². The first-order chi connectivity index (χ1) is 14.6. The second-order valence-electron chi connectivity index (χ2n) is 6.20. The van der Waals surface area contributed by atoms with Gasteiger partial charge in [0.25, 0.3) is 5.22 Å². The third kappa shape index (κ3) is 4.68. The number of fused-ring (bicyclic) bond motifs is 1. The van der Waals surface area contributed by atoms with Gasteiger partial charge in [-0.05, 0) is 25.1 Å². The lowest BCUT2D eigenvalue weighted by molar-refractivity contribution is 0.0562. The second-order valence-corrected chi connectivity index (χ2v) is 8.56. The van der Waals surface area contributed by atoms with E-state index in [1.54, 1.807) is 0 Å². The van der Waals surface area contributed by atoms with Crippen molar-refractivity contribution in [2.24, 2.45) is 0 Å². The molecule has 150 valence electrons. The molecule has 2 aromatic heterocycles. The van der Waals surface area contributed by atoms with E-state index in [1.165, 1.54) is 28.7 Å². The molecule has 0 radical (unpaired) electrons. The van der Waals surface area contributed by atoms with Crippen LogP contribution in [0.1, 0.15) is 15.2 Å². The van der Waals surface area contributed by atoms with Crippen LogP contribution >= 0.6 is 34.7 Å². The summed E-state index contributed by atoms with van der Waals surface area (Å²) in [6, 6.07) is 15.4. The van der Waals surface area contributed by atoms with E-state index in [1.807, 2.05) is 55.5 Å². The maximum absolute atomic E-state index is 12.2. The van der Waals surface area contributed by atoms with Gasteiger partial charge in [0, 0.05) is 15.6 Å². The molecule has 0 fully saturated rings. The molecule has 0 unspecified atom stereocenters. The maximum Gasteiger partial charge on any atom is 0.350 e. The molecule has 4 aromatic rings. The van der Waals surface area contributed by atoms with E-state index in [9.17, 15) is 4.79 Å². The number of carbonyl (C=O) groups excluding carboxylic acids is 1. The van der Waals surface area contributed by atoms with Crippen LogP contribution in [0.2, 0.25) is 5.02 Å². The molecular weight excluding hydrogens is 440 g/mol. The molecule has 30 heavy (non-hydrogen) atoms. The second kappa shape index (κ2) is 9.35. The molecule has 2 heterocycles. The van der Waals surface area contributed by atoms with E-state index in [4.69, 9.17) is 20.8 Å². The van der Waals surface area contributed by atoms with Crippen molar-refractivity contribution >= 4 is 50.8 Å². The summed E-state index contributed by atoms with van der Waals surface area (Å²) in [4.78, 5) is 12.6. The zero-order valence-electron chi connectivity index (χ0n) is 15.8. The molecule has 0 saturated carbocycles. The molecule has 4 rings (SSSR count). The van der Waals surface area contributed by atoms with Crippen LogP contribution in [0.3, 0.4) is 0 Å². The fourth-order valence-electron chi connectivity index (χ4n) is 2.59. The van der Waals surface area contributed by atoms with Crippen LogP contribution in [-0.4, -0.2) is 28.5 Å². The molecule has 0 amide bonds. The molecule has 0 aliphatic carbocycles. The fraction of sp³-hybridized carbons (Fsp3) is 0.136. The van der Waals surface area contributed by atoms with E-state index < -0.39 is 5.97 Å².